The number of hydrogen-bond donors (Lipinski definition) is 1. The summed E-state index contributed by atoms with van der Waals surface area (Å²) in [6, 6.07) is 16.8. The molecule has 1 saturated carbocycles. The number of ether oxygens (including phenoxy) is 1. The van der Waals surface area contributed by atoms with Gasteiger partial charge in [0.1, 0.15) is 12.4 Å². The largest absolute Gasteiger partial charge is 0.489 e. The van der Waals surface area contributed by atoms with E-state index in [1.807, 2.05) is 43.3 Å². The molecule has 3 aromatic carbocycles. The Bertz CT molecular complexity index is 1270. The van der Waals surface area contributed by atoms with Crippen molar-refractivity contribution in [2.24, 2.45) is 11.8 Å². The molecule has 1 atom stereocenters. The second kappa shape index (κ2) is 9.27. The molecule has 34 heavy (non-hydrogen) atoms. The molecule has 0 saturated heterocycles. The normalized spacial score (nSPS) is 17.7. The molecule has 1 fully saturated rings. The van der Waals surface area contributed by atoms with Gasteiger partial charge in [-0.05, 0) is 78.6 Å². The van der Waals surface area contributed by atoms with Gasteiger partial charge in [0.25, 0.3) is 0 Å². The van der Waals surface area contributed by atoms with Crippen LogP contribution in [0.1, 0.15) is 63.1 Å². The summed E-state index contributed by atoms with van der Waals surface area (Å²) in [6.07, 6.45) is 5.45. The third-order valence-electron chi connectivity index (χ3n) is 7.30. The Hall–Kier alpha value is -3.11. The molecule has 2 aliphatic rings. The fourth-order valence-corrected chi connectivity index (χ4v) is 5.75. The Morgan fingerprint density at radius 1 is 1.06 bits per heavy atom. The highest BCUT2D eigenvalue weighted by Gasteiger charge is 2.39. The van der Waals surface area contributed by atoms with Crippen LogP contribution < -0.4 is 4.74 Å². The first-order valence-electron chi connectivity index (χ1n) is 11.8. The van der Waals surface area contributed by atoms with Gasteiger partial charge in [0.2, 0.25) is 0 Å². The first-order chi connectivity index (χ1) is 16.4. The lowest BCUT2D eigenvalue weighted by atomic mass is 9.88. The maximum Gasteiger partial charge on any atom is 0.335 e. The van der Waals surface area contributed by atoms with E-state index in [4.69, 9.17) is 16.3 Å². The standard InChI is InChI=1S/C29H27ClO4/c1-17-25(15-23-14-24(19-7-2-3-8-19)28(31)26(23)27(17)30)34-16-18-6-4-9-20(12-18)21-10-5-11-22(13-21)29(32)33/h4-6,9-13,15,19,24H,2-3,7-8,14,16H2,1H3,(H,32,33). The number of carboxylic acid groups (broad SMARTS) is 1. The lowest BCUT2D eigenvalue weighted by Crippen LogP contribution is -2.18. The van der Waals surface area contributed by atoms with Gasteiger partial charge in [0.05, 0.1) is 10.6 Å². The molecule has 5 heteroatoms. The highest BCUT2D eigenvalue weighted by Crippen LogP contribution is 2.44. The van der Waals surface area contributed by atoms with Crippen LogP contribution in [0.15, 0.2) is 54.6 Å². The number of rotatable bonds is 6. The number of carbonyl (C=O) groups excluding carboxylic acids is 1. The van der Waals surface area contributed by atoms with Gasteiger partial charge in [-0.3, -0.25) is 4.79 Å². The van der Waals surface area contributed by atoms with Gasteiger partial charge in [-0.1, -0.05) is 54.8 Å². The van der Waals surface area contributed by atoms with Crippen molar-refractivity contribution in [1.82, 2.24) is 0 Å². The van der Waals surface area contributed by atoms with E-state index in [0.29, 0.717) is 28.9 Å². The maximum absolute atomic E-state index is 13.1. The summed E-state index contributed by atoms with van der Waals surface area (Å²) in [5, 5.41) is 9.80. The van der Waals surface area contributed by atoms with Crippen molar-refractivity contribution in [1.29, 1.82) is 0 Å². The molecule has 0 heterocycles. The number of hydrogen-bond acceptors (Lipinski definition) is 3. The zero-order valence-electron chi connectivity index (χ0n) is 19.1. The van der Waals surface area contributed by atoms with Gasteiger partial charge >= 0.3 is 5.97 Å². The van der Waals surface area contributed by atoms with Crippen LogP contribution in [0.3, 0.4) is 0 Å². The molecule has 2 aliphatic carbocycles. The highest BCUT2D eigenvalue weighted by atomic mass is 35.5. The average Bonchev–Trinajstić information content (AvgIpc) is 3.49. The van der Waals surface area contributed by atoms with Crippen LogP contribution in [0, 0.1) is 18.8 Å². The Morgan fingerprint density at radius 3 is 2.50 bits per heavy atom. The number of halogens is 1. The molecular weight excluding hydrogens is 448 g/mol. The number of ketones is 1. The van der Waals surface area contributed by atoms with Crippen LogP contribution in [0.4, 0.5) is 0 Å². The first kappa shape index (κ1) is 22.7. The quantitative estimate of drug-likeness (QED) is 0.412. The van der Waals surface area contributed by atoms with Gasteiger partial charge in [0, 0.05) is 17.0 Å². The van der Waals surface area contributed by atoms with E-state index < -0.39 is 5.97 Å². The number of Topliss-reactive ketones (excluding diaryl/α,β-unsaturated/α-hetero) is 1. The Labute approximate surface area is 204 Å². The maximum atomic E-state index is 13.1. The third-order valence-corrected chi connectivity index (χ3v) is 7.77. The topological polar surface area (TPSA) is 63.6 Å². The van der Waals surface area contributed by atoms with E-state index in [0.717, 1.165) is 47.1 Å². The molecule has 0 aliphatic heterocycles. The molecule has 1 unspecified atom stereocenters. The zero-order valence-corrected chi connectivity index (χ0v) is 19.9. The van der Waals surface area contributed by atoms with E-state index in [1.54, 1.807) is 18.2 Å². The van der Waals surface area contributed by atoms with Crippen molar-refractivity contribution in [3.8, 4) is 16.9 Å². The second-order valence-corrected chi connectivity index (χ2v) is 9.82. The minimum absolute atomic E-state index is 0.0582. The van der Waals surface area contributed by atoms with Gasteiger partial charge in [-0.2, -0.15) is 0 Å². The predicted molar refractivity (Wildman–Crippen MR) is 133 cm³/mol. The highest BCUT2D eigenvalue weighted by molar-refractivity contribution is 6.35. The summed E-state index contributed by atoms with van der Waals surface area (Å²) in [5.74, 6) is 0.504. The molecule has 5 rings (SSSR count). The molecule has 3 aromatic rings. The molecule has 0 aromatic heterocycles. The van der Waals surface area contributed by atoms with Crippen molar-refractivity contribution in [3.05, 3.63) is 87.4 Å². The van der Waals surface area contributed by atoms with Crippen LogP contribution >= 0.6 is 11.6 Å². The van der Waals surface area contributed by atoms with Crippen LogP contribution in [-0.2, 0) is 13.0 Å². The van der Waals surface area contributed by atoms with Crippen molar-refractivity contribution >= 4 is 23.4 Å². The fraction of sp³-hybridized carbons (Fsp3) is 0.310. The fourth-order valence-electron chi connectivity index (χ4n) is 5.44. The predicted octanol–water partition coefficient (Wildman–Crippen LogP) is 7.14. The van der Waals surface area contributed by atoms with Crippen molar-refractivity contribution in [2.45, 2.75) is 45.6 Å². The third kappa shape index (κ3) is 4.23. The van der Waals surface area contributed by atoms with Gasteiger partial charge in [-0.25, -0.2) is 4.79 Å². The van der Waals surface area contributed by atoms with E-state index in [-0.39, 0.29) is 17.3 Å². The number of carboxylic acids is 1. The number of carbonyl (C=O) groups is 2. The Balaban J connectivity index is 1.36. The van der Waals surface area contributed by atoms with E-state index >= 15 is 0 Å². The summed E-state index contributed by atoms with van der Waals surface area (Å²) in [4.78, 5) is 24.4. The van der Waals surface area contributed by atoms with Crippen molar-refractivity contribution in [2.75, 3.05) is 0 Å². The molecule has 1 N–H and O–H groups in total. The summed E-state index contributed by atoms with van der Waals surface area (Å²) in [6.45, 7) is 2.25. The molecule has 0 spiro atoms. The minimum Gasteiger partial charge on any atom is -0.489 e. The number of fused-ring (bicyclic) bond motifs is 1. The van der Waals surface area contributed by atoms with Crippen molar-refractivity contribution in [3.63, 3.8) is 0 Å². The number of benzene rings is 3. The summed E-state index contributed by atoms with van der Waals surface area (Å²) in [5.41, 5.74) is 5.50. The lowest BCUT2D eigenvalue weighted by molar-refractivity contribution is 0.0696. The van der Waals surface area contributed by atoms with Crippen LogP contribution in [0.2, 0.25) is 5.02 Å². The summed E-state index contributed by atoms with van der Waals surface area (Å²) >= 11 is 6.69. The molecule has 0 bridgehead atoms. The van der Waals surface area contributed by atoms with Gasteiger partial charge in [0.15, 0.2) is 5.78 Å². The second-order valence-electron chi connectivity index (χ2n) is 9.44. The summed E-state index contributed by atoms with van der Waals surface area (Å²) in [7, 11) is 0. The molecule has 174 valence electrons. The van der Waals surface area contributed by atoms with E-state index in [9.17, 15) is 14.7 Å². The van der Waals surface area contributed by atoms with Gasteiger partial charge < -0.3 is 9.84 Å². The average molecular weight is 475 g/mol. The Morgan fingerprint density at radius 2 is 1.76 bits per heavy atom. The zero-order chi connectivity index (χ0) is 23.8. The molecular formula is C29H27ClO4. The number of aromatic carboxylic acids is 1. The van der Waals surface area contributed by atoms with Crippen molar-refractivity contribution < 1.29 is 19.4 Å². The molecule has 0 radical (unpaired) electrons. The first-order valence-corrected chi connectivity index (χ1v) is 12.2. The van der Waals surface area contributed by atoms with Crippen LogP contribution in [-0.4, -0.2) is 16.9 Å². The van der Waals surface area contributed by atoms with Gasteiger partial charge in [-0.15, -0.1) is 0 Å². The minimum atomic E-state index is -0.945. The molecule has 0 amide bonds. The van der Waals surface area contributed by atoms with E-state index in [2.05, 4.69) is 0 Å². The monoisotopic (exact) mass is 474 g/mol. The van der Waals surface area contributed by atoms with Crippen LogP contribution in [0.5, 0.6) is 5.75 Å². The summed E-state index contributed by atoms with van der Waals surface area (Å²) < 4.78 is 6.19. The van der Waals surface area contributed by atoms with Crippen LogP contribution in [0.25, 0.3) is 11.1 Å². The Kier molecular flexibility index (Phi) is 6.18. The van der Waals surface area contributed by atoms with E-state index in [1.165, 1.54) is 12.8 Å². The SMILES string of the molecule is Cc1c(OCc2cccc(-c3cccc(C(=O)O)c3)c2)cc2c(c1Cl)C(=O)C(C1CCCC1)C2. The smallest absolute Gasteiger partial charge is 0.335 e. The lowest BCUT2D eigenvalue weighted by Gasteiger charge is -2.15. The molecule has 4 nitrogen and oxygen atoms in total.